The van der Waals surface area contributed by atoms with Crippen molar-refractivity contribution in [2.45, 2.75) is 18.6 Å². The van der Waals surface area contributed by atoms with Crippen LogP contribution in [0.25, 0.3) is 0 Å². The lowest BCUT2D eigenvalue weighted by molar-refractivity contribution is -0.138. The second kappa shape index (κ2) is 13.0. The third kappa shape index (κ3) is 6.81. The fraction of sp³-hybridized carbons (Fsp3) is 0.167. The second-order valence-electron chi connectivity index (χ2n) is 10.9. The first kappa shape index (κ1) is 30.2. The molecule has 9 heteroatoms. The summed E-state index contributed by atoms with van der Waals surface area (Å²) in [5.74, 6) is 0.167. The van der Waals surface area contributed by atoms with Crippen molar-refractivity contribution in [3.05, 3.63) is 154 Å². The summed E-state index contributed by atoms with van der Waals surface area (Å²) in [5.41, 5.74) is 3.08. The van der Waals surface area contributed by atoms with Crippen LogP contribution in [-0.4, -0.2) is 30.5 Å². The topological polar surface area (TPSA) is 48.5 Å². The zero-order valence-electron chi connectivity index (χ0n) is 24.2. The summed E-state index contributed by atoms with van der Waals surface area (Å²) in [4.78, 5) is 22.4. The van der Waals surface area contributed by atoms with E-state index in [1.165, 1.54) is 12.1 Å². The van der Waals surface area contributed by atoms with E-state index in [2.05, 4.69) is 10.3 Å². The van der Waals surface area contributed by atoms with Crippen molar-refractivity contribution >= 4 is 34.7 Å². The summed E-state index contributed by atoms with van der Waals surface area (Å²) < 4.78 is 41.8. The van der Waals surface area contributed by atoms with E-state index in [1.54, 1.807) is 23.2 Å². The minimum atomic E-state index is -4.53. The van der Waals surface area contributed by atoms with E-state index in [4.69, 9.17) is 11.6 Å². The van der Waals surface area contributed by atoms with E-state index in [-0.39, 0.29) is 29.0 Å². The van der Waals surface area contributed by atoms with Gasteiger partial charge in [-0.15, -0.1) is 0 Å². The molecule has 1 aliphatic rings. The number of halogens is 4. The highest BCUT2D eigenvalue weighted by Gasteiger charge is 2.34. The molecule has 0 aliphatic carbocycles. The molecule has 0 saturated carbocycles. The molecule has 1 aliphatic heterocycles. The van der Waals surface area contributed by atoms with Crippen molar-refractivity contribution < 1.29 is 18.0 Å². The number of hydrogen-bond acceptors (Lipinski definition) is 4. The molecule has 5 nitrogen and oxygen atoms in total. The van der Waals surface area contributed by atoms with E-state index in [0.717, 1.165) is 17.2 Å². The number of alkyl halides is 3. The lowest BCUT2D eigenvalue weighted by Gasteiger charge is -2.34. The number of carbonyl (C=O) groups is 1. The number of benzene rings is 4. The summed E-state index contributed by atoms with van der Waals surface area (Å²) >= 11 is 6.14. The van der Waals surface area contributed by atoms with E-state index in [9.17, 15) is 18.0 Å². The number of amides is 1. The Bertz CT molecular complexity index is 1730. The first-order chi connectivity index (χ1) is 21.8. The van der Waals surface area contributed by atoms with Crippen LogP contribution in [0.2, 0.25) is 5.02 Å². The fourth-order valence-electron chi connectivity index (χ4n) is 5.74. The van der Waals surface area contributed by atoms with Gasteiger partial charge in [0.1, 0.15) is 5.82 Å². The van der Waals surface area contributed by atoms with Crippen molar-refractivity contribution in [1.82, 2.24) is 4.98 Å². The molecule has 0 radical (unpaired) electrons. The Morgan fingerprint density at radius 3 is 2.13 bits per heavy atom. The normalized spacial score (nSPS) is 12.9. The summed E-state index contributed by atoms with van der Waals surface area (Å²) in [5, 5.41) is 3.48. The number of carbonyl (C=O) groups excluding carboxylic acids is 1. The quantitative estimate of drug-likeness (QED) is 0.187. The third-order valence-electron chi connectivity index (χ3n) is 7.95. The summed E-state index contributed by atoms with van der Waals surface area (Å²) in [6.07, 6.45) is -2.89. The van der Waals surface area contributed by atoms with Gasteiger partial charge < -0.3 is 15.1 Å². The van der Waals surface area contributed by atoms with Crippen LogP contribution in [0.15, 0.2) is 121 Å². The van der Waals surface area contributed by atoms with Crippen LogP contribution in [0.1, 0.15) is 38.5 Å². The van der Waals surface area contributed by atoms with Gasteiger partial charge in [0.2, 0.25) is 0 Å². The van der Waals surface area contributed by atoms with Crippen LogP contribution in [0.3, 0.4) is 0 Å². The van der Waals surface area contributed by atoms with Gasteiger partial charge in [-0.25, -0.2) is 4.98 Å². The number of pyridine rings is 1. The maximum atomic E-state index is 14.2. The Hall–Kier alpha value is -4.82. The van der Waals surface area contributed by atoms with Crippen LogP contribution in [-0.2, 0) is 12.7 Å². The summed E-state index contributed by atoms with van der Waals surface area (Å²) in [7, 11) is 0. The van der Waals surface area contributed by atoms with Crippen LogP contribution in [0.5, 0.6) is 0 Å². The second-order valence-corrected chi connectivity index (χ2v) is 11.3. The van der Waals surface area contributed by atoms with Gasteiger partial charge in [-0.3, -0.25) is 4.79 Å². The number of nitrogens with zero attached hydrogens (tertiary/aromatic N) is 3. The standard InChI is InChI=1S/C36H30ClF3N4O/c37-29-16-17-32(36(38,39)40)28(20-29)23-43-19-18-41-34-33(43)21-30(22-42-34)44(35(45)27-14-8-3-9-15-27)24-31(25-10-4-1-5-11-25)26-12-6-2-7-13-26/h1-17,20-22,31H,18-19,23-24H2,(H,41,42). The van der Waals surface area contributed by atoms with Gasteiger partial charge in [0.05, 0.1) is 23.1 Å². The number of fused-ring (bicyclic) bond motifs is 1. The molecule has 6 rings (SSSR count). The lowest BCUT2D eigenvalue weighted by Crippen LogP contribution is -2.37. The van der Waals surface area contributed by atoms with Crippen molar-refractivity contribution in [2.75, 3.05) is 34.8 Å². The Balaban J connectivity index is 1.42. The average Bonchev–Trinajstić information content (AvgIpc) is 3.06. The largest absolute Gasteiger partial charge is 0.416 e. The molecule has 4 aromatic carbocycles. The molecule has 0 saturated heterocycles. The molecule has 5 aromatic rings. The van der Waals surface area contributed by atoms with Crippen molar-refractivity contribution in [3.63, 3.8) is 0 Å². The van der Waals surface area contributed by atoms with E-state index in [0.29, 0.717) is 42.4 Å². The molecule has 1 N–H and O–H groups in total. The van der Waals surface area contributed by atoms with Crippen LogP contribution < -0.4 is 15.1 Å². The molecule has 0 unspecified atom stereocenters. The molecule has 0 spiro atoms. The highest BCUT2D eigenvalue weighted by molar-refractivity contribution is 6.30. The van der Waals surface area contributed by atoms with Crippen molar-refractivity contribution in [2.24, 2.45) is 0 Å². The number of nitrogens with one attached hydrogen (secondary N) is 1. The zero-order valence-corrected chi connectivity index (χ0v) is 25.0. The number of aromatic nitrogens is 1. The molecule has 0 fully saturated rings. The molecule has 45 heavy (non-hydrogen) atoms. The van der Waals surface area contributed by atoms with Crippen LogP contribution >= 0.6 is 11.6 Å². The maximum Gasteiger partial charge on any atom is 0.416 e. The van der Waals surface area contributed by atoms with Gasteiger partial charge in [0.25, 0.3) is 5.91 Å². The van der Waals surface area contributed by atoms with E-state index >= 15 is 0 Å². The molecule has 1 amide bonds. The predicted molar refractivity (Wildman–Crippen MR) is 173 cm³/mol. The molecule has 2 heterocycles. The molecule has 1 aromatic heterocycles. The Labute approximate surface area is 264 Å². The smallest absolute Gasteiger partial charge is 0.367 e. The number of anilines is 3. The van der Waals surface area contributed by atoms with Gasteiger partial charge in [-0.2, -0.15) is 13.2 Å². The first-order valence-electron chi connectivity index (χ1n) is 14.6. The number of rotatable bonds is 8. The molecule has 228 valence electrons. The van der Waals surface area contributed by atoms with Gasteiger partial charge in [0, 0.05) is 42.7 Å². The molecular weight excluding hydrogens is 597 g/mol. The fourth-order valence-corrected chi connectivity index (χ4v) is 5.93. The van der Waals surface area contributed by atoms with E-state index in [1.807, 2.05) is 89.8 Å². The molecule has 0 atom stereocenters. The van der Waals surface area contributed by atoms with Crippen LogP contribution in [0, 0.1) is 0 Å². The summed E-state index contributed by atoms with van der Waals surface area (Å²) in [6, 6.07) is 34.5. The minimum Gasteiger partial charge on any atom is -0.367 e. The zero-order chi connectivity index (χ0) is 31.4. The average molecular weight is 627 g/mol. The Morgan fingerprint density at radius 2 is 1.51 bits per heavy atom. The maximum absolute atomic E-state index is 14.2. The monoisotopic (exact) mass is 626 g/mol. The first-order valence-corrected chi connectivity index (χ1v) is 15.0. The minimum absolute atomic E-state index is 0.0293. The van der Waals surface area contributed by atoms with Gasteiger partial charge in [-0.1, -0.05) is 90.5 Å². The van der Waals surface area contributed by atoms with Crippen LogP contribution in [0.4, 0.5) is 30.4 Å². The molecular formula is C36H30ClF3N4O. The van der Waals surface area contributed by atoms with Crippen molar-refractivity contribution in [3.8, 4) is 0 Å². The lowest BCUT2D eigenvalue weighted by atomic mass is 9.90. The van der Waals surface area contributed by atoms with Crippen molar-refractivity contribution in [1.29, 1.82) is 0 Å². The SMILES string of the molecule is O=C(c1ccccc1)N(CC(c1ccccc1)c1ccccc1)c1cnc2c(c1)N(Cc1cc(Cl)ccc1C(F)(F)F)CCN2. The Morgan fingerprint density at radius 1 is 0.889 bits per heavy atom. The van der Waals surface area contributed by atoms with E-state index < -0.39 is 11.7 Å². The third-order valence-corrected chi connectivity index (χ3v) is 8.18. The summed E-state index contributed by atoms with van der Waals surface area (Å²) in [6.45, 7) is 1.21. The van der Waals surface area contributed by atoms with Gasteiger partial charge in [0.15, 0.2) is 0 Å². The molecule has 0 bridgehead atoms. The predicted octanol–water partition coefficient (Wildman–Crippen LogP) is 8.66. The van der Waals surface area contributed by atoms with Gasteiger partial charge >= 0.3 is 6.18 Å². The van der Waals surface area contributed by atoms with Gasteiger partial charge in [-0.05, 0) is 53.1 Å². The highest BCUT2D eigenvalue weighted by Crippen LogP contribution is 2.38. The highest BCUT2D eigenvalue weighted by atomic mass is 35.5. The Kier molecular flexibility index (Phi) is 8.76. The number of hydrogen-bond donors (Lipinski definition) is 1.